The Labute approximate surface area is 136 Å². The van der Waals surface area contributed by atoms with E-state index >= 15 is 0 Å². The molecule has 122 valence electrons. The van der Waals surface area contributed by atoms with Gasteiger partial charge in [-0.05, 0) is 18.6 Å². The summed E-state index contributed by atoms with van der Waals surface area (Å²) in [7, 11) is -3.36. The molecule has 1 aromatic heterocycles. The maximum Gasteiger partial charge on any atom is 0.179 e. The Hall–Kier alpha value is -1.92. The number of nitrogens with zero attached hydrogens (tertiary/aromatic N) is 2. The number of sulfone groups is 1. The molecule has 1 fully saturated rings. The number of anilines is 1. The average molecular weight is 332 g/mol. The van der Waals surface area contributed by atoms with Crippen LogP contribution in [0.3, 0.4) is 0 Å². The second-order valence-corrected chi connectivity index (χ2v) is 7.67. The van der Waals surface area contributed by atoms with Crippen LogP contribution in [0, 0.1) is 6.92 Å². The van der Waals surface area contributed by atoms with Gasteiger partial charge in [-0.15, -0.1) is 0 Å². The van der Waals surface area contributed by atoms with Crippen molar-refractivity contribution in [3.63, 3.8) is 0 Å². The lowest BCUT2D eigenvalue weighted by atomic mass is 10.1. The summed E-state index contributed by atoms with van der Waals surface area (Å²) >= 11 is 0. The highest BCUT2D eigenvalue weighted by Crippen LogP contribution is 2.31. The van der Waals surface area contributed by atoms with Gasteiger partial charge in [0.1, 0.15) is 10.7 Å². The van der Waals surface area contributed by atoms with Gasteiger partial charge in [0.05, 0.1) is 18.9 Å². The van der Waals surface area contributed by atoms with E-state index in [0.29, 0.717) is 37.0 Å². The zero-order valence-corrected chi connectivity index (χ0v) is 14.1. The van der Waals surface area contributed by atoms with Crippen molar-refractivity contribution in [1.29, 1.82) is 0 Å². The van der Waals surface area contributed by atoms with E-state index in [1.54, 1.807) is 0 Å². The summed E-state index contributed by atoms with van der Waals surface area (Å²) in [6.07, 6.45) is 1.24. The molecular weight excluding hydrogens is 312 g/mol. The Morgan fingerprint density at radius 2 is 1.78 bits per heavy atom. The second-order valence-electron chi connectivity index (χ2n) is 5.71. The van der Waals surface area contributed by atoms with Gasteiger partial charge >= 0.3 is 0 Å². The molecular formula is C17H20N2O3S. The smallest absolute Gasteiger partial charge is 0.179 e. The van der Waals surface area contributed by atoms with Crippen LogP contribution >= 0.6 is 0 Å². The molecule has 0 N–H and O–H groups in total. The van der Waals surface area contributed by atoms with Crippen LogP contribution in [0.1, 0.15) is 5.56 Å². The number of ether oxygens (including phenoxy) is 1. The van der Waals surface area contributed by atoms with Crippen molar-refractivity contribution in [3.8, 4) is 11.3 Å². The Morgan fingerprint density at radius 3 is 2.39 bits per heavy atom. The highest BCUT2D eigenvalue weighted by atomic mass is 32.2. The summed E-state index contributed by atoms with van der Waals surface area (Å²) in [4.78, 5) is 7.00. The standard InChI is InChI=1S/C17H20N2O3S/c1-13-12-15(14-6-4-3-5-7-14)18-17(16(13)23(2,20)21)19-8-10-22-11-9-19/h3-7,12H,8-11H2,1-2H3. The third-order valence-corrected chi connectivity index (χ3v) is 5.14. The molecule has 1 saturated heterocycles. The van der Waals surface area contributed by atoms with Gasteiger partial charge in [-0.25, -0.2) is 13.4 Å². The highest BCUT2D eigenvalue weighted by Gasteiger charge is 2.25. The Bertz CT molecular complexity index is 798. The summed E-state index contributed by atoms with van der Waals surface area (Å²) in [5.41, 5.74) is 2.49. The topological polar surface area (TPSA) is 59.5 Å². The summed E-state index contributed by atoms with van der Waals surface area (Å²) in [5.74, 6) is 0.537. The number of benzene rings is 1. The van der Waals surface area contributed by atoms with E-state index in [9.17, 15) is 8.42 Å². The van der Waals surface area contributed by atoms with Crippen LogP contribution in [-0.4, -0.2) is 46.0 Å². The van der Waals surface area contributed by atoms with Crippen LogP contribution in [0.4, 0.5) is 5.82 Å². The van der Waals surface area contributed by atoms with Crippen LogP contribution < -0.4 is 4.90 Å². The molecule has 1 aliphatic heterocycles. The predicted molar refractivity (Wildman–Crippen MR) is 90.6 cm³/mol. The largest absolute Gasteiger partial charge is 0.378 e. The first-order valence-electron chi connectivity index (χ1n) is 7.56. The Kier molecular flexibility index (Phi) is 4.37. The molecule has 0 aliphatic carbocycles. The first-order chi connectivity index (χ1) is 11.0. The van der Waals surface area contributed by atoms with Crippen LogP contribution in [0.15, 0.2) is 41.3 Å². The van der Waals surface area contributed by atoms with Gasteiger partial charge in [0, 0.05) is 24.9 Å². The van der Waals surface area contributed by atoms with E-state index in [2.05, 4.69) is 4.98 Å². The fourth-order valence-corrected chi connectivity index (χ4v) is 4.00. The van der Waals surface area contributed by atoms with Gasteiger partial charge in [-0.2, -0.15) is 0 Å². The quantitative estimate of drug-likeness (QED) is 0.863. The summed E-state index contributed by atoms with van der Waals surface area (Å²) < 4.78 is 29.9. The molecule has 1 aromatic carbocycles. The first-order valence-corrected chi connectivity index (χ1v) is 9.46. The maximum absolute atomic E-state index is 12.3. The van der Waals surface area contributed by atoms with Crippen molar-refractivity contribution in [1.82, 2.24) is 4.98 Å². The lowest BCUT2D eigenvalue weighted by Crippen LogP contribution is -2.37. The normalized spacial score (nSPS) is 15.7. The molecule has 1 aliphatic rings. The van der Waals surface area contributed by atoms with Crippen LogP contribution in [0.5, 0.6) is 0 Å². The zero-order chi connectivity index (χ0) is 16.4. The van der Waals surface area contributed by atoms with Gasteiger partial charge in [0.15, 0.2) is 9.84 Å². The van der Waals surface area contributed by atoms with Crippen LogP contribution in [0.2, 0.25) is 0 Å². The minimum absolute atomic E-state index is 0.319. The summed E-state index contributed by atoms with van der Waals surface area (Å²) in [6, 6.07) is 11.6. The predicted octanol–water partition coefficient (Wildman–Crippen LogP) is 2.30. The van der Waals surface area contributed by atoms with Gasteiger partial charge in [0.2, 0.25) is 0 Å². The Morgan fingerprint density at radius 1 is 1.13 bits per heavy atom. The number of morpholine rings is 1. The first kappa shape index (κ1) is 16.0. The third kappa shape index (κ3) is 3.38. The molecule has 0 radical (unpaired) electrons. The van der Waals surface area contributed by atoms with E-state index in [1.807, 2.05) is 48.2 Å². The molecule has 0 spiro atoms. The molecule has 0 saturated carbocycles. The lowest BCUT2D eigenvalue weighted by molar-refractivity contribution is 0.122. The van der Waals surface area contributed by atoms with Crippen molar-refractivity contribution < 1.29 is 13.2 Å². The van der Waals surface area contributed by atoms with Gasteiger partial charge in [-0.1, -0.05) is 30.3 Å². The van der Waals surface area contributed by atoms with Gasteiger partial charge in [0.25, 0.3) is 0 Å². The highest BCUT2D eigenvalue weighted by molar-refractivity contribution is 7.91. The van der Waals surface area contributed by atoms with Crippen LogP contribution in [0.25, 0.3) is 11.3 Å². The molecule has 2 heterocycles. The molecule has 0 amide bonds. The number of pyridine rings is 1. The lowest BCUT2D eigenvalue weighted by Gasteiger charge is -2.30. The van der Waals surface area contributed by atoms with E-state index in [1.165, 1.54) is 6.26 Å². The maximum atomic E-state index is 12.3. The number of rotatable bonds is 3. The molecule has 2 aromatic rings. The fraction of sp³-hybridized carbons (Fsp3) is 0.353. The van der Waals surface area contributed by atoms with Crippen LogP contribution in [-0.2, 0) is 14.6 Å². The number of aryl methyl sites for hydroxylation is 1. The van der Waals surface area contributed by atoms with Crippen molar-refractivity contribution in [2.75, 3.05) is 37.5 Å². The minimum Gasteiger partial charge on any atom is -0.378 e. The molecule has 5 nitrogen and oxygen atoms in total. The summed E-state index contributed by atoms with van der Waals surface area (Å²) in [6.45, 7) is 4.29. The van der Waals surface area contributed by atoms with Gasteiger partial charge in [-0.3, -0.25) is 0 Å². The monoisotopic (exact) mass is 332 g/mol. The molecule has 3 rings (SSSR count). The Balaban J connectivity index is 2.18. The second kappa shape index (κ2) is 6.29. The van der Waals surface area contributed by atoms with E-state index in [0.717, 1.165) is 16.8 Å². The minimum atomic E-state index is -3.36. The number of hydrogen-bond donors (Lipinski definition) is 0. The van der Waals surface area contributed by atoms with E-state index in [4.69, 9.17) is 4.74 Å². The SMILES string of the molecule is Cc1cc(-c2ccccc2)nc(N2CCOCC2)c1S(C)(=O)=O. The van der Waals surface area contributed by atoms with E-state index < -0.39 is 9.84 Å². The third-order valence-electron chi connectivity index (χ3n) is 3.89. The average Bonchev–Trinajstić information content (AvgIpc) is 2.54. The fourth-order valence-electron chi connectivity index (χ4n) is 2.85. The number of aromatic nitrogens is 1. The molecule has 0 bridgehead atoms. The van der Waals surface area contributed by atoms with Crippen molar-refractivity contribution in [2.24, 2.45) is 0 Å². The zero-order valence-electron chi connectivity index (χ0n) is 13.3. The molecule has 23 heavy (non-hydrogen) atoms. The molecule has 0 unspecified atom stereocenters. The van der Waals surface area contributed by atoms with Crippen molar-refractivity contribution in [3.05, 3.63) is 42.0 Å². The van der Waals surface area contributed by atoms with Crippen molar-refractivity contribution in [2.45, 2.75) is 11.8 Å². The molecule has 6 heteroatoms. The summed E-state index contributed by atoms with van der Waals surface area (Å²) in [5, 5.41) is 0. The van der Waals surface area contributed by atoms with E-state index in [-0.39, 0.29) is 0 Å². The van der Waals surface area contributed by atoms with Crippen molar-refractivity contribution >= 4 is 15.7 Å². The van der Waals surface area contributed by atoms with Gasteiger partial charge < -0.3 is 9.64 Å². The molecule has 0 atom stereocenters. The number of hydrogen-bond acceptors (Lipinski definition) is 5.